The first-order valence-corrected chi connectivity index (χ1v) is 14.5. The van der Waals surface area contributed by atoms with Gasteiger partial charge >= 0.3 is 5.97 Å². The van der Waals surface area contributed by atoms with Gasteiger partial charge in [0, 0.05) is 5.56 Å². The average Bonchev–Trinajstić information content (AvgIpc) is 2.83. The van der Waals surface area contributed by atoms with Crippen LogP contribution >= 0.6 is 0 Å². The molecular weight excluding hydrogens is 538 g/mol. The Morgan fingerprint density at radius 3 is 1.68 bits per heavy atom. The second-order valence-corrected chi connectivity index (χ2v) is 13.6. The Labute approximate surface area is 220 Å². The number of nitrogens with two attached hydrogens (primary N) is 2. The van der Waals surface area contributed by atoms with E-state index in [1.165, 1.54) is 25.3 Å². The number of hydrogen-bond acceptors (Lipinski definition) is 9. The molecule has 2 unspecified atom stereocenters. The normalized spacial score (nSPS) is 20.1. The molecular formula is C24H29N3O9S2. The number of benzene rings is 2. The molecule has 0 aromatic heterocycles. The molecule has 0 saturated carbocycles. The van der Waals surface area contributed by atoms with Crippen molar-refractivity contribution in [2.75, 3.05) is 20.3 Å². The van der Waals surface area contributed by atoms with Crippen molar-refractivity contribution in [1.29, 1.82) is 0 Å². The first-order chi connectivity index (χ1) is 17.6. The molecule has 2 aromatic rings. The van der Waals surface area contributed by atoms with Crippen LogP contribution < -0.4 is 20.9 Å². The van der Waals surface area contributed by atoms with Crippen molar-refractivity contribution in [3.8, 4) is 11.5 Å². The molecule has 2 atom stereocenters. The van der Waals surface area contributed by atoms with Crippen molar-refractivity contribution >= 4 is 37.5 Å². The highest BCUT2D eigenvalue weighted by Gasteiger charge is 2.34. The molecule has 0 fully saturated rings. The van der Waals surface area contributed by atoms with Crippen molar-refractivity contribution in [3.63, 3.8) is 0 Å². The lowest BCUT2D eigenvalue weighted by atomic mass is 10.1. The molecule has 206 valence electrons. The number of nitrogens with zero attached hydrogens (tertiary/aromatic N) is 1. The zero-order valence-electron chi connectivity index (χ0n) is 21.5. The number of fused-ring (bicyclic) bond motifs is 2. The molecule has 4 N–H and O–H groups in total. The van der Waals surface area contributed by atoms with E-state index in [9.17, 15) is 26.4 Å². The van der Waals surface area contributed by atoms with Crippen LogP contribution in [0, 0.1) is 13.8 Å². The lowest BCUT2D eigenvalue weighted by Crippen LogP contribution is -2.30. The van der Waals surface area contributed by atoms with Crippen LogP contribution in [-0.4, -0.2) is 65.5 Å². The van der Waals surface area contributed by atoms with Gasteiger partial charge in [-0.1, -0.05) is 0 Å². The van der Waals surface area contributed by atoms with Crippen LogP contribution in [0.1, 0.15) is 45.7 Å². The lowest BCUT2D eigenvalue weighted by Gasteiger charge is -2.23. The van der Waals surface area contributed by atoms with Crippen molar-refractivity contribution in [1.82, 2.24) is 0 Å². The number of sulfone groups is 2. The minimum absolute atomic E-state index is 0.00371. The maximum Gasteiger partial charge on any atom is 0.338 e. The van der Waals surface area contributed by atoms with E-state index >= 15 is 0 Å². The lowest BCUT2D eigenvalue weighted by molar-refractivity contribution is 0.0599. The van der Waals surface area contributed by atoms with E-state index < -0.39 is 42.1 Å². The molecule has 38 heavy (non-hydrogen) atoms. The number of amides is 1. The highest BCUT2D eigenvalue weighted by molar-refractivity contribution is 7.92. The summed E-state index contributed by atoms with van der Waals surface area (Å²) in [5.41, 5.74) is 11.9. The van der Waals surface area contributed by atoms with Crippen molar-refractivity contribution in [2.45, 2.75) is 48.0 Å². The number of aliphatic imine (C=N–C) groups is 1. The fourth-order valence-electron chi connectivity index (χ4n) is 3.76. The van der Waals surface area contributed by atoms with E-state index in [4.69, 9.17) is 20.9 Å². The number of aryl methyl sites for hydroxylation is 2. The Hall–Kier alpha value is -3.65. The highest BCUT2D eigenvalue weighted by atomic mass is 32.2. The number of ether oxygens (including phenoxy) is 3. The van der Waals surface area contributed by atoms with E-state index in [0.717, 1.165) is 0 Å². The van der Waals surface area contributed by atoms with Gasteiger partial charge in [0.15, 0.2) is 25.6 Å². The van der Waals surface area contributed by atoms with E-state index in [0.29, 0.717) is 16.9 Å². The van der Waals surface area contributed by atoms with E-state index in [1.807, 2.05) is 0 Å². The fraction of sp³-hybridized carbons (Fsp3) is 0.375. The third-order valence-corrected chi connectivity index (χ3v) is 10.3. The summed E-state index contributed by atoms with van der Waals surface area (Å²) >= 11 is 0. The fourth-order valence-corrected chi connectivity index (χ4v) is 6.48. The monoisotopic (exact) mass is 567 g/mol. The maximum absolute atomic E-state index is 12.2. The minimum atomic E-state index is -3.51. The van der Waals surface area contributed by atoms with Crippen molar-refractivity contribution in [3.05, 3.63) is 46.5 Å². The summed E-state index contributed by atoms with van der Waals surface area (Å²) in [6.07, 6.45) is 0. The number of methoxy groups -OCH3 is 1. The quantitative estimate of drug-likeness (QED) is 0.302. The molecule has 14 heteroatoms. The van der Waals surface area contributed by atoms with E-state index in [1.54, 1.807) is 33.8 Å². The van der Waals surface area contributed by atoms with E-state index in [2.05, 4.69) is 9.73 Å². The number of hydrogen-bond donors (Lipinski definition) is 2. The summed E-state index contributed by atoms with van der Waals surface area (Å²) in [5, 5.41) is -1.28. The number of esters is 1. The van der Waals surface area contributed by atoms with Crippen LogP contribution in [0.2, 0.25) is 0 Å². The van der Waals surface area contributed by atoms with Gasteiger partial charge in [0.25, 0.3) is 5.91 Å². The Kier molecular flexibility index (Phi) is 8.07. The van der Waals surface area contributed by atoms with Crippen LogP contribution in [0.15, 0.2) is 39.0 Å². The average molecular weight is 568 g/mol. The molecule has 0 bridgehead atoms. The van der Waals surface area contributed by atoms with Gasteiger partial charge in [-0.15, -0.1) is 0 Å². The van der Waals surface area contributed by atoms with Gasteiger partial charge in [0.05, 0.1) is 23.2 Å². The molecule has 2 heterocycles. The van der Waals surface area contributed by atoms with Crippen LogP contribution in [0.25, 0.3) is 0 Å². The zero-order chi connectivity index (χ0) is 28.6. The molecule has 2 aromatic carbocycles. The SMILES string of the molecule is COC(=O)c1cc2c(cc1C)OCC(C)S2(=O)=O.Cc1cc2c(cc1C(=O)N=C(N)N)S(=O)(=O)C(C)CO2. The van der Waals surface area contributed by atoms with Gasteiger partial charge in [-0.2, -0.15) is 4.99 Å². The predicted molar refractivity (Wildman–Crippen MR) is 138 cm³/mol. The molecule has 4 rings (SSSR count). The van der Waals surface area contributed by atoms with Gasteiger partial charge in [-0.3, -0.25) is 4.79 Å². The number of carbonyl (C=O) groups is 2. The van der Waals surface area contributed by atoms with Crippen LogP contribution in [0.5, 0.6) is 11.5 Å². The van der Waals surface area contributed by atoms with E-state index in [-0.39, 0.29) is 45.8 Å². The Morgan fingerprint density at radius 2 is 1.26 bits per heavy atom. The third-order valence-electron chi connectivity index (χ3n) is 6.07. The second kappa shape index (κ2) is 10.6. The van der Waals surface area contributed by atoms with Gasteiger partial charge in [0.1, 0.15) is 34.5 Å². The first kappa shape index (κ1) is 28.9. The number of carbonyl (C=O) groups excluding carboxylic acids is 2. The van der Waals surface area contributed by atoms with Crippen LogP contribution in [0.3, 0.4) is 0 Å². The highest BCUT2D eigenvalue weighted by Crippen LogP contribution is 2.35. The molecule has 1 amide bonds. The topological polar surface area (TPSA) is 195 Å². The molecule has 0 saturated heterocycles. The molecule has 12 nitrogen and oxygen atoms in total. The number of guanidine groups is 1. The summed E-state index contributed by atoms with van der Waals surface area (Å²) in [4.78, 5) is 26.9. The molecule has 2 aliphatic rings. The van der Waals surface area contributed by atoms with Crippen molar-refractivity contribution < 1.29 is 40.6 Å². The standard InChI is InChI=1S/C12H15N3O4S.C12H14O5S/c1-6-3-9-10(20(17,18)7(2)5-19-9)4-8(6)11(16)15-12(13)14;1-7-4-10-11(5-9(7)12(13)16-3)18(14,15)8(2)6-17-10/h3-4,7H,5H2,1-2H3,(H4,13,14,15,16);4-5,8H,6H2,1-3H3. The maximum atomic E-state index is 12.2. The molecule has 2 aliphatic heterocycles. The molecule has 0 aliphatic carbocycles. The Balaban J connectivity index is 0.000000212. The van der Waals surface area contributed by atoms with Gasteiger partial charge < -0.3 is 25.7 Å². The molecule has 0 radical (unpaired) electrons. The van der Waals surface area contributed by atoms with Gasteiger partial charge in [-0.05, 0) is 63.1 Å². The second-order valence-electron chi connectivity index (χ2n) is 8.89. The minimum Gasteiger partial charge on any atom is -0.491 e. The summed E-state index contributed by atoms with van der Waals surface area (Å²) in [7, 11) is -5.69. The van der Waals surface area contributed by atoms with Gasteiger partial charge in [0.2, 0.25) is 0 Å². The first-order valence-electron chi connectivity index (χ1n) is 11.4. The third kappa shape index (κ3) is 5.45. The number of rotatable bonds is 2. The summed E-state index contributed by atoms with van der Waals surface area (Å²) < 4.78 is 64.2. The molecule has 0 spiro atoms. The van der Waals surface area contributed by atoms with Gasteiger partial charge in [-0.25, -0.2) is 21.6 Å². The predicted octanol–water partition coefficient (Wildman–Crippen LogP) is 1.30. The Morgan fingerprint density at radius 1 is 0.842 bits per heavy atom. The summed E-state index contributed by atoms with van der Waals surface area (Å²) in [6.45, 7) is 6.72. The zero-order valence-corrected chi connectivity index (χ0v) is 23.1. The van der Waals surface area contributed by atoms with Crippen LogP contribution in [-0.2, 0) is 24.4 Å². The Bertz CT molecular complexity index is 1540. The van der Waals surface area contributed by atoms with Crippen LogP contribution in [0.4, 0.5) is 0 Å². The summed E-state index contributed by atoms with van der Waals surface area (Å²) in [6, 6.07) is 5.67. The van der Waals surface area contributed by atoms with Crippen molar-refractivity contribution in [2.24, 2.45) is 16.5 Å². The smallest absolute Gasteiger partial charge is 0.338 e. The summed E-state index contributed by atoms with van der Waals surface area (Å²) in [5.74, 6) is -1.05. The largest absolute Gasteiger partial charge is 0.491 e.